The molecule has 3 aromatic rings. The van der Waals surface area contributed by atoms with Gasteiger partial charge in [-0.25, -0.2) is 4.79 Å². The largest absolute Gasteiger partial charge is 0.453 e. The third kappa shape index (κ3) is 7.06. The predicted molar refractivity (Wildman–Crippen MR) is 162 cm³/mol. The van der Waals surface area contributed by atoms with E-state index in [1.54, 1.807) is 11.0 Å². The molecule has 0 spiro atoms. The number of hydrogen-bond acceptors (Lipinski definition) is 6. The number of piperidine rings is 1. The van der Waals surface area contributed by atoms with Gasteiger partial charge in [-0.2, -0.15) is 0 Å². The number of carbonyl (C=O) groups excluding carboxylic acids is 1. The molecule has 1 saturated heterocycles. The van der Waals surface area contributed by atoms with Gasteiger partial charge < -0.3 is 20.3 Å². The number of rotatable bonds is 8. The summed E-state index contributed by atoms with van der Waals surface area (Å²) in [5.41, 5.74) is 10.9. The molecule has 1 aliphatic carbocycles. The van der Waals surface area contributed by atoms with E-state index in [1.807, 2.05) is 42.5 Å². The van der Waals surface area contributed by atoms with Gasteiger partial charge in [0.2, 0.25) is 0 Å². The Kier molecular flexibility index (Phi) is 9.19. The molecular formula is C33H40N4O4. The Bertz CT molecular complexity index is 1330. The first-order chi connectivity index (χ1) is 19.9. The van der Waals surface area contributed by atoms with Crippen LogP contribution in [0.3, 0.4) is 0 Å². The van der Waals surface area contributed by atoms with Gasteiger partial charge in [0, 0.05) is 37.8 Å². The molecule has 2 fully saturated rings. The fourth-order valence-electron chi connectivity index (χ4n) is 6.36. The summed E-state index contributed by atoms with van der Waals surface area (Å²) in [6.45, 7) is 2.03. The number of benzene rings is 3. The van der Waals surface area contributed by atoms with Crippen LogP contribution in [0.15, 0.2) is 72.8 Å². The summed E-state index contributed by atoms with van der Waals surface area (Å²) in [5, 5.41) is 12.2. The molecule has 3 aromatic carbocycles. The molecule has 0 radical (unpaired) electrons. The highest BCUT2D eigenvalue weighted by Gasteiger charge is 2.29. The first-order valence-corrected chi connectivity index (χ1v) is 14.7. The molecule has 1 heterocycles. The third-order valence-electron chi connectivity index (χ3n) is 8.70. The molecule has 0 aromatic heterocycles. The van der Waals surface area contributed by atoms with Crippen LogP contribution in [0.25, 0.3) is 11.1 Å². The lowest BCUT2D eigenvalue weighted by Gasteiger charge is -2.35. The molecule has 1 amide bonds. The Hall–Kier alpha value is -3.91. The van der Waals surface area contributed by atoms with Crippen molar-refractivity contribution in [2.75, 3.05) is 25.1 Å². The van der Waals surface area contributed by atoms with E-state index in [4.69, 9.17) is 10.5 Å². The number of ether oxygens (including phenoxy) is 1. The minimum Gasteiger partial charge on any atom is -0.453 e. The Morgan fingerprint density at radius 3 is 2.29 bits per heavy atom. The van der Waals surface area contributed by atoms with Crippen molar-refractivity contribution in [3.63, 3.8) is 0 Å². The van der Waals surface area contributed by atoms with Gasteiger partial charge in [-0.3, -0.25) is 10.1 Å². The summed E-state index contributed by atoms with van der Waals surface area (Å²) >= 11 is 0. The van der Waals surface area contributed by atoms with Crippen molar-refractivity contribution < 1.29 is 14.5 Å². The molecule has 5 rings (SSSR count). The van der Waals surface area contributed by atoms with Crippen LogP contribution < -0.4 is 10.6 Å². The molecule has 216 valence electrons. The van der Waals surface area contributed by atoms with Crippen molar-refractivity contribution in [2.24, 2.45) is 11.7 Å². The summed E-state index contributed by atoms with van der Waals surface area (Å²) in [7, 11) is 1.41. The van der Waals surface area contributed by atoms with Crippen molar-refractivity contribution in [1.82, 2.24) is 4.90 Å². The molecule has 2 aliphatic rings. The van der Waals surface area contributed by atoms with Gasteiger partial charge in [0.05, 0.1) is 12.0 Å². The number of nitrogens with zero attached hydrogens (tertiary/aromatic N) is 3. The number of nitrogens with two attached hydrogens (primary N) is 1. The standard InChI is InChI=1S/C33H40N4O4/c1-41-33(38)36(30-13-11-29(34)12-14-30)23-26-8-5-9-27(21-26)28-10-15-31(32(22-28)37(39)40)35-18-16-25(17-19-35)20-24-6-3-2-4-7-24/h2-10,15,21-22,25,29-30H,11-14,16-20,23,34H2,1H3. The van der Waals surface area contributed by atoms with E-state index >= 15 is 0 Å². The van der Waals surface area contributed by atoms with E-state index in [0.717, 1.165) is 74.7 Å². The maximum atomic E-state index is 12.7. The highest BCUT2D eigenvalue weighted by atomic mass is 16.6. The van der Waals surface area contributed by atoms with E-state index in [2.05, 4.69) is 29.2 Å². The average molecular weight is 557 g/mol. The van der Waals surface area contributed by atoms with Crippen molar-refractivity contribution in [1.29, 1.82) is 0 Å². The third-order valence-corrected chi connectivity index (χ3v) is 8.70. The SMILES string of the molecule is COC(=O)N(Cc1cccc(-c2ccc(N3CCC(Cc4ccccc4)CC3)c([N+](=O)[O-])c2)c1)C1CCC(N)CC1. The van der Waals surface area contributed by atoms with E-state index in [0.29, 0.717) is 18.2 Å². The van der Waals surface area contributed by atoms with Crippen LogP contribution in [0.5, 0.6) is 0 Å². The summed E-state index contributed by atoms with van der Waals surface area (Å²) < 4.78 is 5.10. The lowest BCUT2D eigenvalue weighted by Crippen LogP contribution is -2.43. The lowest BCUT2D eigenvalue weighted by molar-refractivity contribution is -0.384. The fourth-order valence-corrected chi connectivity index (χ4v) is 6.36. The molecule has 1 saturated carbocycles. The summed E-state index contributed by atoms with van der Waals surface area (Å²) in [5.74, 6) is 0.588. The number of carbonyl (C=O) groups is 1. The quantitative estimate of drug-likeness (QED) is 0.249. The van der Waals surface area contributed by atoms with Gasteiger partial charge in [0.1, 0.15) is 5.69 Å². The normalized spacial score (nSPS) is 19.5. The lowest BCUT2D eigenvalue weighted by atomic mass is 9.90. The molecule has 41 heavy (non-hydrogen) atoms. The van der Waals surface area contributed by atoms with Crippen LogP contribution in [0.1, 0.15) is 49.7 Å². The molecule has 0 unspecified atom stereocenters. The first kappa shape index (κ1) is 28.6. The zero-order valence-electron chi connectivity index (χ0n) is 23.8. The van der Waals surface area contributed by atoms with Crippen molar-refractivity contribution >= 4 is 17.5 Å². The highest BCUT2D eigenvalue weighted by molar-refractivity contribution is 5.75. The van der Waals surface area contributed by atoms with Crippen molar-refractivity contribution in [3.8, 4) is 11.1 Å². The van der Waals surface area contributed by atoms with Crippen LogP contribution in [0.2, 0.25) is 0 Å². The van der Waals surface area contributed by atoms with Gasteiger partial charge in [-0.1, -0.05) is 54.6 Å². The maximum absolute atomic E-state index is 12.7. The van der Waals surface area contributed by atoms with E-state index in [-0.39, 0.29) is 28.8 Å². The summed E-state index contributed by atoms with van der Waals surface area (Å²) in [6, 6.07) is 24.2. The zero-order chi connectivity index (χ0) is 28.8. The first-order valence-electron chi connectivity index (χ1n) is 14.7. The number of hydrogen-bond donors (Lipinski definition) is 1. The van der Waals surface area contributed by atoms with Crippen LogP contribution in [0, 0.1) is 16.0 Å². The van der Waals surface area contributed by atoms with E-state index < -0.39 is 0 Å². The number of nitro benzene ring substituents is 1. The Morgan fingerprint density at radius 2 is 1.61 bits per heavy atom. The highest BCUT2D eigenvalue weighted by Crippen LogP contribution is 2.36. The van der Waals surface area contributed by atoms with Crippen LogP contribution >= 0.6 is 0 Å². The molecule has 8 heteroatoms. The van der Waals surface area contributed by atoms with E-state index in [1.165, 1.54) is 12.7 Å². The molecule has 2 N–H and O–H groups in total. The van der Waals surface area contributed by atoms with Gasteiger partial charge in [0.25, 0.3) is 5.69 Å². The monoisotopic (exact) mass is 556 g/mol. The Labute approximate surface area is 242 Å². The molecule has 0 bridgehead atoms. The second kappa shape index (κ2) is 13.2. The fraction of sp³-hybridized carbons (Fsp3) is 0.424. The topological polar surface area (TPSA) is 102 Å². The van der Waals surface area contributed by atoms with E-state index in [9.17, 15) is 14.9 Å². The Morgan fingerprint density at radius 1 is 0.927 bits per heavy atom. The van der Waals surface area contributed by atoms with Crippen LogP contribution in [-0.2, 0) is 17.7 Å². The summed E-state index contributed by atoms with van der Waals surface area (Å²) in [6.07, 6.45) is 6.22. The molecule has 1 aliphatic heterocycles. The van der Waals surface area contributed by atoms with Gasteiger partial charge in [-0.15, -0.1) is 0 Å². The van der Waals surface area contributed by atoms with Crippen molar-refractivity contribution in [2.45, 2.75) is 63.6 Å². The maximum Gasteiger partial charge on any atom is 0.410 e. The average Bonchev–Trinajstić information content (AvgIpc) is 3.01. The number of anilines is 1. The second-order valence-corrected chi connectivity index (χ2v) is 11.4. The smallest absolute Gasteiger partial charge is 0.410 e. The minimum absolute atomic E-state index is 0.0862. The van der Waals surface area contributed by atoms with Crippen LogP contribution in [0.4, 0.5) is 16.2 Å². The second-order valence-electron chi connectivity index (χ2n) is 11.4. The zero-order valence-corrected chi connectivity index (χ0v) is 23.8. The molecular weight excluding hydrogens is 516 g/mol. The van der Waals surface area contributed by atoms with Gasteiger partial charge in [-0.05, 0) is 85.3 Å². The van der Waals surface area contributed by atoms with Crippen molar-refractivity contribution in [3.05, 3.63) is 94.0 Å². The van der Waals surface area contributed by atoms with Gasteiger partial charge in [0.15, 0.2) is 0 Å². The number of amides is 1. The molecule has 0 atom stereocenters. The Balaban J connectivity index is 1.30. The molecule has 8 nitrogen and oxygen atoms in total. The van der Waals surface area contributed by atoms with Gasteiger partial charge >= 0.3 is 6.09 Å². The predicted octanol–water partition coefficient (Wildman–Crippen LogP) is 6.56. The number of nitro groups is 1. The minimum atomic E-state index is -0.344. The van der Waals surface area contributed by atoms with Crippen LogP contribution in [-0.4, -0.2) is 48.2 Å². The number of methoxy groups -OCH3 is 1. The summed E-state index contributed by atoms with van der Waals surface area (Å²) in [4.78, 5) is 28.5.